The van der Waals surface area contributed by atoms with Gasteiger partial charge in [0.05, 0.1) is 16.3 Å². The summed E-state index contributed by atoms with van der Waals surface area (Å²) in [5.41, 5.74) is 0.635. The number of hydrogen-bond donors (Lipinski definition) is 0. The van der Waals surface area contributed by atoms with Gasteiger partial charge in [-0.15, -0.1) is 11.3 Å². The molecule has 29 heavy (non-hydrogen) atoms. The standard InChI is InChI=1S/C19H18FN3O3S3/c1-12(24)23(15-7-4-3-6-14(15)20)18-21-13(11-28-18)10-16-17(25)22(19(27)29-16)8-5-9-26-2/h3-4,6-7,10-11H,5,8-9H2,1-2H3. The summed E-state index contributed by atoms with van der Waals surface area (Å²) in [6.07, 6.45) is 2.32. The monoisotopic (exact) mass is 451 g/mol. The van der Waals surface area contributed by atoms with Crippen LogP contribution in [0.5, 0.6) is 0 Å². The van der Waals surface area contributed by atoms with Crippen LogP contribution in [0.3, 0.4) is 0 Å². The molecule has 1 aromatic carbocycles. The number of carbonyl (C=O) groups excluding carboxylic acids is 2. The molecule has 0 N–H and O–H groups in total. The molecule has 3 rings (SSSR count). The molecule has 0 unspecified atom stereocenters. The lowest BCUT2D eigenvalue weighted by Crippen LogP contribution is -2.29. The number of benzene rings is 1. The number of methoxy groups -OCH3 is 1. The van der Waals surface area contributed by atoms with Gasteiger partial charge >= 0.3 is 0 Å². The van der Waals surface area contributed by atoms with Crippen LogP contribution < -0.4 is 4.90 Å². The SMILES string of the molecule is COCCCN1C(=O)C(=Cc2csc(N(C(C)=O)c3ccccc3F)n2)SC1=S. The third-order valence-electron chi connectivity index (χ3n) is 3.99. The van der Waals surface area contributed by atoms with Crippen molar-refractivity contribution in [3.8, 4) is 0 Å². The summed E-state index contributed by atoms with van der Waals surface area (Å²) in [6, 6.07) is 6.01. The highest BCUT2D eigenvalue weighted by molar-refractivity contribution is 8.26. The van der Waals surface area contributed by atoms with E-state index in [0.29, 0.717) is 39.6 Å². The first-order valence-corrected chi connectivity index (χ1v) is 10.8. The number of rotatable bonds is 7. The Morgan fingerprint density at radius 2 is 2.17 bits per heavy atom. The molecule has 10 heteroatoms. The fourth-order valence-corrected chi connectivity index (χ4v) is 4.81. The second-order valence-corrected chi connectivity index (χ2v) is 8.55. The number of amides is 2. The number of ether oxygens (including phenoxy) is 1. The Kier molecular flexibility index (Phi) is 7.12. The average molecular weight is 452 g/mol. The predicted octanol–water partition coefficient (Wildman–Crippen LogP) is 4.20. The van der Waals surface area contributed by atoms with E-state index in [2.05, 4.69) is 4.98 Å². The van der Waals surface area contributed by atoms with E-state index in [9.17, 15) is 14.0 Å². The van der Waals surface area contributed by atoms with Crippen LogP contribution in [0.25, 0.3) is 6.08 Å². The van der Waals surface area contributed by atoms with E-state index < -0.39 is 5.82 Å². The molecule has 1 fully saturated rings. The van der Waals surface area contributed by atoms with Gasteiger partial charge < -0.3 is 4.74 Å². The maximum atomic E-state index is 14.2. The number of carbonyl (C=O) groups is 2. The first kappa shape index (κ1) is 21.6. The average Bonchev–Trinajstić information content (AvgIpc) is 3.23. The molecular weight excluding hydrogens is 433 g/mol. The first-order chi connectivity index (χ1) is 13.9. The fourth-order valence-electron chi connectivity index (χ4n) is 2.68. The molecule has 2 amide bonds. The van der Waals surface area contributed by atoms with E-state index in [1.807, 2.05) is 0 Å². The molecule has 0 spiro atoms. The number of thioether (sulfide) groups is 1. The number of thiazole rings is 1. The summed E-state index contributed by atoms with van der Waals surface area (Å²) in [6.45, 7) is 2.38. The van der Waals surface area contributed by atoms with Gasteiger partial charge in [0.1, 0.15) is 10.1 Å². The second-order valence-electron chi connectivity index (χ2n) is 6.04. The van der Waals surface area contributed by atoms with E-state index in [1.165, 1.54) is 47.1 Å². The summed E-state index contributed by atoms with van der Waals surface area (Å²) >= 11 is 7.70. The molecule has 1 aliphatic heterocycles. The summed E-state index contributed by atoms with van der Waals surface area (Å²) in [4.78, 5) is 32.4. The Morgan fingerprint density at radius 1 is 1.41 bits per heavy atom. The molecule has 0 saturated carbocycles. The van der Waals surface area contributed by atoms with Crippen LogP contribution >= 0.6 is 35.3 Å². The van der Waals surface area contributed by atoms with Gasteiger partial charge in [0.15, 0.2) is 5.13 Å². The topological polar surface area (TPSA) is 62.7 Å². The lowest BCUT2D eigenvalue weighted by Gasteiger charge is -2.18. The maximum absolute atomic E-state index is 14.2. The van der Waals surface area contributed by atoms with Crippen LogP contribution in [0.2, 0.25) is 0 Å². The Labute approximate surface area is 181 Å². The van der Waals surface area contributed by atoms with E-state index in [4.69, 9.17) is 17.0 Å². The van der Waals surface area contributed by atoms with Gasteiger partial charge in [0.25, 0.3) is 5.91 Å². The number of para-hydroxylation sites is 1. The molecular formula is C19H18FN3O3S3. The van der Waals surface area contributed by atoms with E-state index in [1.54, 1.807) is 35.6 Å². The van der Waals surface area contributed by atoms with Crippen LogP contribution in [-0.4, -0.2) is 46.3 Å². The minimum Gasteiger partial charge on any atom is -0.385 e. The number of hydrogen-bond acceptors (Lipinski definition) is 7. The molecule has 0 atom stereocenters. The lowest BCUT2D eigenvalue weighted by molar-refractivity contribution is -0.122. The van der Waals surface area contributed by atoms with Crippen molar-refractivity contribution in [1.82, 2.24) is 9.88 Å². The number of aromatic nitrogens is 1. The van der Waals surface area contributed by atoms with E-state index in [-0.39, 0.29) is 17.5 Å². The van der Waals surface area contributed by atoms with Gasteiger partial charge in [-0.3, -0.25) is 19.4 Å². The zero-order valence-electron chi connectivity index (χ0n) is 15.8. The van der Waals surface area contributed by atoms with Crippen LogP contribution in [0, 0.1) is 5.82 Å². The molecule has 2 aromatic rings. The molecule has 0 aliphatic carbocycles. The zero-order valence-corrected chi connectivity index (χ0v) is 18.2. The van der Waals surface area contributed by atoms with Crippen molar-refractivity contribution in [3.05, 3.63) is 46.1 Å². The third-order valence-corrected chi connectivity index (χ3v) is 6.21. The second kappa shape index (κ2) is 9.57. The minimum absolute atomic E-state index is 0.130. The molecule has 2 heterocycles. The van der Waals surface area contributed by atoms with Crippen molar-refractivity contribution in [2.75, 3.05) is 25.2 Å². The van der Waals surface area contributed by atoms with Crippen molar-refractivity contribution in [2.45, 2.75) is 13.3 Å². The Bertz CT molecular complexity index is 976. The molecule has 0 bridgehead atoms. The quantitative estimate of drug-likeness (QED) is 0.357. The van der Waals surface area contributed by atoms with Crippen molar-refractivity contribution >= 4 is 68.3 Å². The zero-order chi connectivity index (χ0) is 21.0. The number of thiocarbonyl (C=S) groups is 1. The Balaban J connectivity index is 1.82. The normalized spacial score (nSPS) is 15.4. The van der Waals surface area contributed by atoms with Gasteiger partial charge in [-0.2, -0.15) is 0 Å². The molecule has 6 nitrogen and oxygen atoms in total. The van der Waals surface area contributed by atoms with Gasteiger partial charge in [-0.1, -0.05) is 36.1 Å². The van der Waals surface area contributed by atoms with Gasteiger partial charge in [0, 0.05) is 32.6 Å². The highest BCUT2D eigenvalue weighted by atomic mass is 32.2. The van der Waals surface area contributed by atoms with Gasteiger partial charge in [-0.25, -0.2) is 9.37 Å². The molecule has 1 aromatic heterocycles. The largest absolute Gasteiger partial charge is 0.385 e. The van der Waals surface area contributed by atoms with Crippen LogP contribution in [0.15, 0.2) is 34.6 Å². The van der Waals surface area contributed by atoms with Crippen molar-refractivity contribution in [3.63, 3.8) is 0 Å². The molecule has 1 aliphatic rings. The highest BCUT2D eigenvalue weighted by Crippen LogP contribution is 2.35. The third kappa shape index (κ3) is 4.89. The molecule has 1 saturated heterocycles. The summed E-state index contributed by atoms with van der Waals surface area (Å²) in [5, 5.41) is 2.04. The van der Waals surface area contributed by atoms with Crippen molar-refractivity contribution in [1.29, 1.82) is 0 Å². The van der Waals surface area contributed by atoms with Crippen LogP contribution in [-0.2, 0) is 14.3 Å². The van der Waals surface area contributed by atoms with E-state index >= 15 is 0 Å². The first-order valence-electron chi connectivity index (χ1n) is 8.67. The Morgan fingerprint density at radius 3 is 2.86 bits per heavy atom. The lowest BCUT2D eigenvalue weighted by atomic mass is 10.3. The highest BCUT2D eigenvalue weighted by Gasteiger charge is 2.32. The van der Waals surface area contributed by atoms with Crippen LogP contribution in [0.4, 0.5) is 15.2 Å². The fraction of sp³-hybridized carbons (Fsp3) is 0.263. The summed E-state index contributed by atoms with van der Waals surface area (Å²) in [5.74, 6) is -1.06. The Hall–Kier alpha value is -2.14. The summed E-state index contributed by atoms with van der Waals surface area (Å²) in [7, 11) is 1.61. The predicted molar refractivity (Wildman–Crippen MR) is 118 cm³/mol. The number of anilines is 2. The molecule has 0 radical (unpaired) electrons. The number of nitrogens with zero attached hydrogens (tertiary/aromatic N) is 3. The molecule has 152 valence electrons. The van der Waals surface area contributed by atoms with Gasteiger partial charge in [0.2, 0.25) is 5.91 Å². The van der Waals surface area contributed by atoms with E-state index in [0.717, 1.165) is 0 Å². The van der Waals surface area contributed by atoms with Gasteiger partial charge in [-0.05, 0) is 24.6 Å². The summed E-state index contributed by atoms with van der Waals surface area (Å²) < 4.78 is 19.7. The van der Waals surface area contributed by atoms with Crippen LogP contribution in [0.1, 0.15) is 19.0 Å². The van der Waals surface area contributed by atoms with Crippen molar-refractivity contribution < 1.29 is 18.7 Å². The maximum Gasteiger partial charge on any atom is 0.266 e. The smallest absolute Gasteiger partial charge is 0.266 e. The number of halogens is 1. The minimum atomic E-state index is -0.517. The van der Waals surface area contributed by atoms with Crippen molar-refractivity contribution in [2.24, 2.45) is 0 Å².